The molecule has 0 spiro atoms. The number of nitrogens with zero attached hydrogens (tertiary/aromatic N) is 1. The van der Waals surface area contributed by atoms with Crippen molar-refractivity contribution in [3.05, 3.63) is 0 Å². The molecule has 3 heteroatoms. The van der Waals surface area contributed by atoms with Crippen molar-refractivity contribution in [1.82, 2.24) is 0 Å². The van der Waals surface area contributed by atoms with Gasteiger partial charge in [-0.15, -0.1) is 0 Å². The standard InChI is InChI=1S/C16H33NSSi/c1-5-6-7-10-13-17-15-11-8-9-12-16(14-15)18-19(2,3)4/h16H,5-14H2,1-4H3/b17-15+. The molecule has 1 aliphatic carbocycles. The largest absolute Gasteiger partial charge is 0.294 e. The van der Waals surface area contributed by atoms with Gasteiger partial charge in [-0.3, -0.25) is 4.99 Å². The van der Waals surface area contributed by atoms with Crippen LogP contribution in [0.1, 0.15) is 64.7 Å². The second kappa shape index (κ2) is 9.22. The molecule has 0 N–H and O–H groups in total. The van der Waals surface area contributed by atoms with Crippen LogP contribution < -0.4 is 0 Å². The van der Waals surface area contributed by atoms with Crippen molar-refractivity contribution in [1.29, 1.82) is 0 Å². The van der Waals surface area contributed by atoms with Gasteiger partial charge in [0.1, 0.15) is 7.22 Å². The van der Waals surface area contributed by atoms with Crippen molar-refractivity contribution in [2.24, 2.45) is 4.99 Å². The molecule has 0 aliphatic heterocycles. The smallest absolute Gasteiger partial charge is 0.108 e. The van der Waals surface area contributed by atoms with E-state index in [2.05, 4.69) is 37.8 Å². The summed E-state index contributed by atoms with van der Waals surface area (Å²) in [5.74, 6) is 0. The van der Waals surface area contributed by atoms with Crippen LogP contribution in [0.25, 0.3) is 0 Å². The molecule has 1 aliphatic rings. The minimum Gasteiger partial charge on any atom is -0.294 e. The summed E-state index contributed by atoms with van der Waals surface area (Å²) >= 11 is 2.30. The molecular weight excluding hydrogens is 266 g/mol. The van der Waals surface area contributed by atoms with Gasteiger partial charge in [-0.2, -0.15) is 11.2 Å². The van der Waals surface area contributed by atoms with Crippen LogP contribution in [0, 0.1) is 0 Å². The van der Waals surface area contributed by atoms with E-state index in [4.69, 9.17) is 4.99 Å². The van der Waals surface area contributed by atoms with Gasteiger partial charge < -0.3 is 0 Å². The highest BCUT2D eigenvalue weighted by Crippen LogP contribution is 2.33. The van der Waals surface area contributed by atoms with Crippen LogP contribution in [0.5, 0.6) is 0 Å². The highest BCUT2D eigenvalue weighted by Gasteiger charge is 2.23. The van der Waals surface area contributed by atoms with E-state index in [1.807, 2.05) is 0 Å². The van der Waals surface area contributed by atoms with E-state index in [-0.39, 0.29) is 0 Å². The normalized spacial score (nSPS) is 23.6. The average molecular weight is 300 g/mol. The molecule has 1 atom stereocenters. The molecule has 1 fully saturated rings. The van der Waals surface area contributed by atoms with E-state index in [0.717, 1.165) is 11.8 Å². The Morgan fingerprint density at radius 1 is 1.16 bits per heavy atom. The summed E-state index contributed by atoms with van der Waals surface area (Å²) in [7, 11) is -0.984. The molecule has 0 saturated heterocycles. The Bertz CT molecular complexity index is 270. The summed E-state index contributed by atoms with van der Waals surface area (Å²) in [5.41, 5.74) is 1.53. The molecule has 0 aromatic heterocycles. The molecule has 1 nitrogen and oxygen atoms in total. The molecule has 0 radical (unpaired) electrons. The zero-order valence-corrected chi connectivity index (χ0v) is 15.3. The molecule has 1 rings (SSSR count). The molecule has 0 aromatic rings. The van der Waals surface area contributed by atoms with Crippen molar-refractivity contribution in [2.45, 2.75) is 89.6 Å². The van der Waals surface area contributed by atoms with Crippen molar-refractivity contribution in [3.63, 3.8) is 0 Å². The summed E-state index contributed by atoms with van der Waals surface area (Å²) in [6.07, 6.45) is 12.1. The molecule has 0 aromatic carbocycles. The zero-order valence-electron chi connectivity index (χ0n) is 13.5. The molecule has 112 valence electrons. The Morgan fingerprint density at radius 3 is 2.63 bits per heavy atom. The van der Waals surface area contributed by atoms with E-state index in [0.29, 0.717) is 0 Å². The number of unbranched alkanes of at least 4 members (excludes halogenated alkanes) is 3. The highest BCUT2D eigenvalue weighted by atomic mass is 32.4. The predicted molar refractivity (Wildman–Crippen MR) is 94.3 cm³/mol. The van der Waals surface area contributed by atoms with E-state index >= 15 is 0 Å². The van der Waals surface area contributed by atoms with E-state index in [1.54, 1.807) is 0 Å². The van der Waals surface area contributed by atoms with E-state index in [9.17, 15) is 0 Å². The molecule has 0 amide bonds. The van der Waals surface area contributed by atoms with Crippen molar-refractivity contribution < 1.29 is 0 Å². The van der Waals surface area contributed by atoms with Crippen LogP contribution >= 0.6 is 11.2 Å². The first-order chi connectivity index (χ1) is 9.01. The van der Waals surface area contributed by atoms with Gasteiger partial charge in [0.25, 0.3) is 0 Å². The van der Waals surface area contributed by atoms with Crippen LogP contribution in [-0.2, 0) is 0 Å². The van der Waals surface area contributed by atoms with Gasteiger partial charge in [-0.25, -0.2) is 0 Å². The fourth-order valence-electron chi connectivity index (χ4n) is 2.69. The maximum absolute atomic E-state index is 4.91. The van der Waals surface area contributed by atoms with Gasteiger partial charge in [-0.1, -0.05) is 52.2 Å². The third-order valence-corrected chi connectivity index (χ3v) is 8.14. The minimum atomic E-state index is -0.984. The summed E-state index contributed by atoms with van der Waals surface area (Å²) < 4.78 is 0. The first-order valence-electron chi connectivity index (χ1n) is 8.21. The lowest BCUT2D eigenvalue weighted by Gasteiger charge is -2.23. The quantitative estimate of drug-likeness (QED) is 0.323. The average Bonchev–Trinajstić information content (AvgIpc) is 2.52. The molecule has 1 saturated carbocycles. The number of rotatable bonds is 7. The lowest BCUT2D eigenvalue weighted by atomic mass is 10.1. The Hall–Kier alpha value is 0.237. The third-order valence-electron chi connectivity index (χ3n) is 3.57. The fraction of sp³-hybridized carbons (Fsp3) is 0.938. The number of aliphatic imine (C=N–C) groups is 1. The van der Waals surface area contributed by atoms with Crippen LogP contribution in [0.3, 0.4) is 0 Å². The minimum absolute atomic E-state index is 0.864. The van der Waals surface area contributed by atoms with Gasteiger partial charge in [0.15, 0.2) is 0 Å². The van der Waals surface area contributed by atoms with Crippen LogP contribution in [-0.4, -0.2) is 24.7 Å². The van der Waals surface area contributed by atoms with Gasteiger partial charge in [-0.05, 0) is 32.1 Å². The summed E-state index contributed by atoms with van der Waals surface area (Å²) in [4.78, 5) is 4.91. The van der Waals surface area contributed by atoms with E-state index in [1.165, 1.54) is 63.5 Å². The zero-order chi connectivity index (χ0) is 14.1. The SMILES string of the molecule is CCCCCC/N=C1\CCCCC(S[Si](C)(C)C)C1. The Balaban J connectivity index is 2.37. The van der Waals surface area contributed by atoms with Crippen molar-refractivity contribution >= 4 is 24.1 Å². The second-order valence-electron chi connectivity index (χ2n) is 6.81. The van der Waals surface area contributed by atoms with Gasteiger partial charge in [0, 0.05) is 17.5 Å². The van der Waals surface area contributed by atoms with Crippen LogP contribution in [0.2, 0.25) is 19.6 Å². The molecule has 0 heterocycles. The van der Waals surface area contributed by atoms with Crippen molar-refractivity contribution in [3.8, 4) is 0 Å². The maximum Gasteiger partial charge on any atom is 0.108 e. The Morgan fingerprint density at radius 2 is 1.95 bits per heavy atom. The maximum atomic E-state index is 4.91. The Kier molecular flexibility index (Phi) is 8.39. The monoisotopic (exact) mass is 299 g/mol. The molecular formula is C16H33NSSi. The van der Waals surface area contributed by atoms with Crippen LogP contribution in [0.15, 0.2) is 4.99 Å². The molecule has 19 heavy (non-hydrogen) atoms. The third kappa shape index (κ3) is 8.90. The summed E-state index contributed by atoms with van der Waals surface area (Å²) in [5, 5.41) is 0.864. The molecule has 0 bridgehead atoms. The number of hydrogen-bond donors (Lipinski definition) is 0. The first-order valence-corrected chi connectivity index (χ1v) is 13.3. The predicted octanol–water partition coefficient (Wildman–Crippen LogP) is 5.91. The molecule has 1 unspecified atom stereocenters. The van der Waals surface area contributed by atoms with Gasteiger partial charge >= 0.3 is 0 Å². The van der Waals surface area contributed by atoms with E-state index < -0.39 is 7.22 Å². The summed E-state index contributed by atoms with van der Waals surface area (Å²) in [6.45, 7) is 10.8. The second-order valence-corrected chi connectivity index (χ2v) is 16.3. The van der Waals surface area contributed by atoms with Gasteiger partial charge in [0.2, 0.25) is 0 Å². The van der Waals surface area contributed by atoms with Crippen molar-refractivity contribution in [2.75, 3.05) is 6.54 Å². The first kappa shape index (κ1) is 17.3. The van der Waals surface area contributed by atoms with Gasteiger partial charge in [0.05, 0.1) is 0 Å². The number of hydrogen-bond acceptors (Lipinski definition) is 2. The lowest BCUT2D eigenvalue weighted by Crippen LogP contribution is -2.21. The lowest BCUT2D eigenvalue weighted by molar-refractivity contribution is 0.673. The Labute approximate surface area is 125 Å². The summed E-state index contributed by atoms with van der Waals surface area (Å²) in [6, 6.07) is 0. The highest BCUT2D eigenvalue weighted by molar-refractivity contribution is 8.29. The topological polar surface area (TPSA) is 12.4 Å². The van der Waals surface area contributed by atoms with Crippen LogP contribution in [0.4, 0.5) is 0 Å². The fourth-order valence-corrected chi connectivity index (χ4v) is 7.85.